The second-order valence-corrected chi connectivity index (χ2v) is 6.79. The summed E-state index contributed by atoms with van der Waals surface area (Å²) in [4.78, 5) is 5.42. The second-order valence-electron chi connectivity index (χ2n) is 6.79. The van der Waals surface area contributed by atoms with Gasteiger partial charge in [0.05, 0.1) is 13.2 Å². The lowest BCUT2D eigenvalue weighted by Gasteiger charge is -2.35. The molecule has 4 heteroatoms. The molecular formula is C16H31N3O. The molecule has 3 unspecified atom stereocenters. The molecule has 3 atom stereocenters. The van der Waals surface area contributed by atoms with E-state index in [0.29, 0.717) is 0 Å². The fourth-order valence-electron chi connectivity index (χ4n) is 4.43. The smallest absolute Gasteiger partial charge is 0.0594 e. The lowest BCUT2D eigenvalue weighted by molar-refractivity contribution is 0.0167. The molecule has 0 amide bonds. The summed E-state index contributed by atoms with van der Waals surface area (Å²) in [5.41, 5.74) is 6.05. The van der Waals surface area contributed by atoms with E-state index in [4.69, 9.17) is 10.5 Å². The Morgan fingerprint density at radius 2 is 1.70 bits per heavy atom. The van der Waals surface area contributed by atoms with Crippen LogP contribution in [0.25, 0.3) is 0 Å². The van der Waals surface area contributed by atoms with Crippen LogP contribution < -0.4 is 5.73 Å². The number of ether oxygens (including phenoxy) is 1. The van der Waals surface area contributed by atoms with Crippen LogP contribution in [-0.4, -0.2) is 67.8 Å². The fraction of sp³-hybridized carbons (Fsp3) is 1.00. The van der Waals surface area contributed by atoms with Crippen LogP contribution in [0.5, 0.6) is 0 Å². The van der Waals surface area contributed by atoms with Crippen LogP contribution in [0.15, 0.2) is 0 Å². The fourth-order valence-corrected chi connectivity index (χ4v) is 4.43. The van der Waals surface area contributed by atoms with E-state index in [1.165, 1.54) is 51.6 Å². The normalized spacial score (nSPS) is 38.0. The van der Waals surface area contributed by atoms with Crippen LogP contribution in [0, 0.1) is 5.92 Å². The van der Waals surface area contributed by atoms with E-state index in [2.05, 4.69) is 9.80 Å². The first-order chi connectivity index (χ1) is 9.88. The van der Waals surface area contributed by atoms with Crippen LogP contribution in [0.1, 0.15) is 38.5 Å². The Labute approximate surface area is 123 Å². The van der Waals surface area contributed by atoms with E-state index < -0.39 is 0 Å². The highest BCUT2D eigenvalue weighted by Gasteiger charge is 2.35. The van der Waals surface area contributed by atoms with Crippen molar-refractivity contribution in [1.29, 1.82) is 0 Å². The van der Waals surface area contributed by atoms with Crippen molar-refractivity contribution in [2.24, 2.45) is 11.7 Å². The molecule has 3 aliphatic rings. The molecule has 2 heterocycles. The monoisotopic (exact) mass is 281 g/mol. The maximum absolute atomic E-state index is 6.05. The molecule has 0 aromatic rings. The standard InChI is InChI=1S/C16H31N3O/c17-12-14-4-2-1-3-5-16(14)19-7-6-15(13-19)18-8-10-20-11-9-18/h14-16H,1-13,17H2. The van der Waals surface area contributed by atoms with Gasteiger partial charge in [-0.25, -0.2) is 0 Å². The Morgan fingerprint density at radius 1 is 0.900 bits per heavy atom. The average molecular weight is 281 g/mol. The van der Waals surface area contributed by atoms with Crippen LogP contribution in [0.3, 0.4) is 0 Å². The van der Waals surface area contributed by atoms with Crippen LogP contribution in [0.4, 0.5) is 0 Å². The molecule has 2 saturated heterocycles. The Morgan fingerprint density at radius 3 is 2.50 bits per heavy atom. The third-order valence-corrected chi connectivity index (χ3v) is 5.65. The van der Waals surface area contributed by atoms with Gasteiger partial charge in [-0.3, -0.25) is 9.80 Å². The van der Waals surface area contributed by atoms with Crippen LogP contribution in [-0.2, 0) is 4.74 Å². The van der Waals surface area contributed by atoms with Crippen molar-refractivity contribution in [2.45, 2.75) is 50.6 Å². The SMILES string of the molecule is NCC1CCCCCC1N1CCC(N2CCOCC2)C1. The number of rotatable bonds is 3. The van der Waals surface area contributed by atoms with E-state index in [1.807, 2.05) is 0 Å². The largest absolute Gasteiger partial charge is 0.379 e. The molecule has 1 aliphatic carbocycles. The van der Waals surface area contributed by atoms with E-state index in [0.717, 1.165) is 50.8 Å². The van der Waals surface area contributed by atoms with Gasteiger partial charge in [-0.05, 0) is 31.7 Å². The molecule has 20 heavy (non-hydrogen) atoms. The number of hydrogen-bond donors (Lipinski definition) is 1. The molecule has 4 nitrogen and oxygen atoms in total. The Kier molecular flexibility index (Phi) is 5.32. The van der Waals surface area contributed by atoms with Gasteiger partial charge in [0.25, 0.3) is 0 Å². The summed E-state index contributed by atoms with van der Waals surface area (Å²) in [5, 5.41) is 0. The summed E-state index contributed by atoms with van der Waals surface area (Å²) in [6.07, 6.45) is 8.26. The predicted octanol–water partition coefficient (Wildman–Crippen LogP) is 1.30. The minimum absolute atomic E-state index is 0.737. The lowest BCUT2D eigenvalue weighted by atomic mass is 9.94. The predicted molar refractivity (Wildman–Crippen MR) is 81.8 cm³/mol. The number of hydrogen-bond acceptors (Lipinski definition) is 4. The summed E-state index contributed by atoms with van der Waals surface area (Å²) in [6.45, 7) is 7.53. The zero-order valence-corrected chi connectivity index (χ0v) is 12.8. The molecule has 116 valence electrons. The van der Waals surface area contributed by atoms with E-state index >= 15 is 0 Å². The molecule has 0 radical (unpaired) electrons. The van der Waals surface area contributed by atoms with Crippen molar-refractivity contribution < 1.29 is 4.74 Å². The Bertz CT molecular complexity index is 293. The van der Waals surface area contributed by atoms with Gasteiger partial charge in [-0.15, -0.1) is 0 Å². The highest BCUT2D eigenvalue weighted by molar-refractivity contribution is 4.91. The summed E-state index contributed by atoms with van der Waals surface area (Å²) in [5.74, 6) is 0.737. The first-order valence-electron chi connectivity index (χ1n) is 8.64. The number of morpholine rings is 1. The molecular weight excluding hydrogens is 250 g/mol. The number of nitrogens with zero attached hydrogens (tertiary/aromatic N) is 2. The zero-order chi connectivity index (χ0) is 13.8. The van der Waals surface area contributed by atoms with Crippen molar-refractivity contribution in [3.8, 4) is 0 Å². The van der Waals surface area contributed by atoms with Gasteiger partial charge in [0.1, 0.15) is 0 Å². The summed E-state index contributed by atoms with van der Waals surface area (Å²) < 4.78 is 5.48. The van der Waals surface area contributed by atoms with E-state index in [1.54, 1.807) is 0 Å². The molecule has 0 aromatic carbocycles. The van der Waals surface area contributed by atoms with Crippen molar-refractivity contribution in [1.82, 2.24) is 9.80 Å². The first-order valence-corrected chi connectivity index (χ1v) is 8.64. The third kappa shape index (κ3) is 3.35. The van der Waals surface area contributed by atoms with Crippen molar-refractivity contribution in [3.63, 3.8) is 0 Å². The van der Waals surface area contributed by atoms with Crippen LogP contribution >= 0.6 is 0 Å². The maximum Gasteiger partial charge on any atom is 0.0594 e. The van der Waals surface area contributed by atoms with Gasteiger partial charge < -0.3 is 10.5 Å². The minimum atomic E-state index is 0.737. The van der Waals surface area contributed by atoms with Gasteiger partial charge >= 0.3 is 0 Å². The quantitative estimate of drug-likeness (QED) is 0.792. The van der Waals surface area contributed by atoms with Crippen molar-refractivity contribution in [2.75, 3.05) is 45.9 Å². The topological polar surface area (TPSA) is 41.7 Å². The van der Waals surface area contributed by atoms with Crippen molar-refractivity contribution in [3.05, 3.63) is 0 Å². The molecule has 3 rings (SSSR count). The van der Waals surface area contributed by atoms with Gasteiger partial charge in [-0.2, -0.15) is 0 Å². The molecule has 0 aromatic heterocycles. The van der Waals surface area contributed by atoms with Gasteiger partial charge in [-0.1, -0.05) is 19.3 Å². The molecule has 1 saturated carbocycles. The molecule has 2 aliphatic heterocycles. The Hall–Kier alpha value is -0.160. The molecule has 2 N–H and O–H groups in total. The highest BCUT2D eigenvalue weighted by atomic mass is 16.5. The number of likely N-dealkylation sites (tertiary alicyclic amines) is 1. The number of nitrogens with two attached hydrogens (primary N) is 1. The van der Waals surface area contributed by atoms with E-state index in [-0.39, 0.29) is 0 Å². The van der Waals surface area contributed by atoms with Gasteiger partial charge in [0.15, 0.2) is 0 Å². The van der Waals surface area contributed by atoms with Crippen molar-refractivity contribution >= 4 is 0 Å². The second kappa shape index (κ2) is 7.21. The highest BCUT2D eigenvalue weighted by Crippen LogP contribution is 2.30. The zero-order valence-electron chi connectivity index (χ0n) is 12.8. The molecule has 0 spiro atoms. The summed E-state index contributed by atoms with van der Waals surface area (Å²) in [6, 6.07) is 1.52. The third-order valence-electron chi connectivity index (χ3n) is 5.65. The van der Waals surface area contributed by atoms with E-state index in [9.17, 15) is 0 Å². The van der Waals surface area contributed by atoms with Crippen LogP contribution in [0.2, 0.25) is 0 Å². The van der Waals surface area contributed by atoms with Gasteiger partial charge in [0, 0.05) is 38.3 Å². The minimum Gasteiger partial charge on any atom is -0.379 e. The Balaban J connectivity index is 1.57. The lowest BCUT2D eigenvalue weighted by Crippen LogP contribution is -2.47. The maximum atomic E-state index is 6.05. The average Bonchev–Trinajstić information content (AvgIpc) is 2.87. The van der Waals surface area contributed by atoms with Gasteiger partial charge in [0.2, 0.25) is 0 Å². The molecule has 0 bridgehead atoms. The summed E-state index contributed by atoms with van der Waals surface area (Å²) >= 11 is 0. The molecule has 3 fully saturated rings. The summed E-state index contributed by atoms with van der Waals surface area (Å²) in [7, 11) is 0. The first kappa shape index (κ1) is 14.8.